The van der Waals surface area contributed by atoms with Crippen LogP contribution in [-0.2, 0) is 21.7 Å². The van der Waals surface area contributed by atoms with E-state index in [1.165, 1.54) is 138 Å². The summed E-state index contributed by atoms with van der Waals surface area (Å²) in [4.78, 5) is 5.33. The zero-order valence-corrected chi connectivity index (χ0v) is 45.9. The van der Waals surface area contributed by atoms with Gasteiger partial charge in [0.25, 0.3) is 6.71 Å². The van der Waals surface area contributed by atoms with Gasteiger partial charge in [0.1, 0.15) is 0 Å². The molecule has 2 aliphatic rings. The molecule has 0 spiro atoms. The minimum absolute atomic E-state index is 0.0891. The van der Waals surface area contributed by atoms with Crippen LogP contribution < -0.4 is 26.2 Å². The first-order chi connectivity index (χ1) is 35.7. The van der Waals surface area contributed by atoms with E-state index in [1.807, 2.05) is 0 Å². The first kappa shape index (κ1) is 47.1. The molecule has 75 heavy (non-hydrogen) atoms. The van der Waals surface area contributed by atoms with Crippen LogP contribution in [0.3, 0.4) is 0 Å². The average molecular weight is 971 g/mol. The largest absolute Gasteiger partial charge is 0.311 e. The molecule has 0 bridgehead atoms. The Bertz CT molecular complexity index is 3890. The van der Waals surface area contributed by atoms with E-state index < -0.39 is 0 Å². The van der Waals surface area contributed by atoms with Gasteiger partial charge >= 0.3 is 0 Å². The highest BCUT2D eigenvalue weighted by Crippen LogP contribution is 2.50. The van der Waals surface area contributed by atoms with Gasteiger partial charge in [-0.15, -0.1) is 0 Å². The van der Waals surface area contributed by atoms with E-state index in [1.54, 1.807) is 0 Å². The molecule has 0 N–H and O–H groups in total. The number of benzene rings is 11. The van der Waals surface area contributed by atoms with Crippen molar-refractivity contribution >= 4 is 111 Å². The minimum atomic E-state index is -0.0920. The van der Waals surface area contributed by atoms with Gasteiger partial charge in [-0.25, -0.2) is 0 Å². The fraction of sp³-hybridized carbons (Fsp3) is 0.222. The van der Waals surface area contributed by atoms with Crippen LogP contribution in [0.5, 0.6) is 0 Å². The Hall–Kier alpha value is -7.62. The van der Waals surface area contributed by atoms with Crippen molar-refractivity contribution < 1.29 is 0 Å². The minimum Gasteiger partial charge on any atom is -0.311 e. The standard InChI is InChI=1S/C72H67BN2/c1-69(2,3)52-36-53(70(4,5)6)39-56(38-52)74-64-32-49-29-26-45-20-15-17-23-58(45)60(49)42-62(64)73-63-43-61-50(30-27-46-21-16-18-24-59(46)61)33-65(63)75(57-40-54(71(7,8)9)37-55(41-57)72(10,11)12)67-35-51(34-66(74)68(67)73)48-28-25-44-19-13-14-22-47(44)31-48/h13-43H,1-12H3. The lowest BCUT2D eigenvalue weighted by Gasteiger charge is -2.45. The monoisotopic (exact) mass is 971 g/mol. The van der Waals surface area contributed by atoms with Gasteiger partial charge in [0.15, 0.2) is 0 Å². The second-order valence-electron chi connectivity index (χ2n) is 26.0. The van der Waals surface area contributed by atoms with Crippen LogP contribution in [0.4, 0.5) is 34.1 Å². The van der Waals surface area contributed by atoms with Crippen molar-refractivity contribution in [3.8, 4) is 11.1 Å². The molecule has 0 aromatic heterocycles. The number of anilines is 6. The van der Waals surface area contributed by atoms with Gasteiger partial charge in [0.05, 0.1) is 0 Å². The maximum atomic E-state index is 2.67. The van der Waals surface area contributed by atoms with Gasteiger partial charge in [0, 0.05) is 34.1 Å². The molecule has 0 amide bonds. The highest BCUT2D eigenvalue weighted by atomic mass is 15.2. The van der Waals surface area contributed by atoms with Gasteiger partial charge in [-0.2, -0.15) is 0 Å². The number of nitrogens with zero attached hydrogens (tertiary/aromatic N) is 2. The maximum absolute atomic E-state index is 2.67. The van der Waals surface area contributed by atoms with Crippen LogP contribution in [0, 0.1) is 0 Å². The number of hydrogen-bond donors (Lipinski definition) is 0. The van der Waals surface area contributed by atoms with Crippen LogP contribution in [0.1, 0.15) is 105 Å². The summed E-state index contributed by atoms with van der Waals surface area (Å²) < 4.78 is 0. The number of rotatable bonds is 3. The molecule has 0 unspecified atom stereocenters. The molecule has 2 aliphatic heterocycles. The van der Waals surface area contributed by atoms with Crippen molar-refractivity contribution in [1.29, 1.82) is 0 Å². The molecular formula is C72H67BN2. The molecule has 0 atom stereocenters. The summed E-state index contributed by atoms with van der Waals surface area (Å²) in [6.45, 7) is 28.2. The van der Waals surface area contributed by atoms with Crippen molar-refractivity contribution in [2.75, 3.05) is 9.80 Å². The summed E-state index contributed by atoms with van der Waals surface area (Å²) in [5.41, 5.74) is 18.6. The summed E-state index contributed by atoms with van der Waals surface area (Å²) in [7, 11) is 0. The van der Waals surface area contributed by atoms with E-state index in [0.29, 0.717) is 0 Å². The molecule has 3 heteroatoms. The van der Waals surface area contributed by atoms with Gasteiger partial charge in [-0.3, -0.25) is 0 Å². The Morgan fingerprint density at radius 3 is 1.08 bits per heavy atom. The molecule has 368 valence electrons. The van der Waals surface area contributed by atoms with E-state index in [-0.39, 0.29) is 28.4 Å². The highest BCUT2D eigenvalue weighted by molar-refractivity contribution is 7.00. The van der Waals surface area contributed by atoms with E-state index in [2.05, 4.69) is 281 Å². The quantitative estimate of drug-likeness (QED) is 0.129. The summed E-state index contributed by atoms with van der Waals surface area (Å²) in [5.74, 6) is 0. The third-order valence-corrected chi connectivity index (χ3v) is 16.7. The Kier molecular flexibility index (Phi) is 10.3. The molecular weight excluding hydrogens is 904 g/mol. The zero-order valence-electron chi connectivity index (χ0n) is 45.9. The highest BCUT2D eigenvalue weighted by Gasteiger charge is 2.45. The normalized spacial score (nSPS) is 13.8. The Morgan fingerprint density at radius 1 is 0.280 bits per heavy atom. The summed E-state index contributed by atoms with van der Waals surface area (Å²) in [6.07, 6.45) is 0. The van der Waals surface area contributed by atoms with Crippen molar-refractivity contribution in [3.63, 3.8) is 0 Å². The second-order valence-corrected chi connectivity index (χ2v) is 26.0. The molecule has 2 heterocycles. The maximum Gasteiger partial charge on any atom is 0.252 e. The lowest BCUT2D eigenvalue weighted by Crippen LogP contribution is -2.61. The van der Waals surface area contributed by atoms with Crippen LogP contribution in [0.15, 0.2) is 188 Å². The summed E-state index contributed by atoms with van der Waals surface area (Å²) in [5, 5.41) is 12.6. The lowest BCUT2D eigenvalue weighted by molar-refractivity contribution is 0.568. The van der Waals surface area contributed by atoms with Crippen molar-refractivity contribution in [1.82, 2.24) is 0 Å². The van der Waals surface area contributed by atoms with E-state index in [4.69, 9.17) is 0 Å². The predicted molar refractivity (Wildman–Crippen MR) is 328 cm³/mol. The van der Waals surface area contributed by atoms with Crippen molar-refractivity contribution in [2.24, 2.45) is 0 Å². The van der Waals surface area contributed by atoms with Crippen molar-refractivity contribution in [3.05, 3.63) is 210 Å². The topological polar surface area (TPSA) is 6.48 Å². The molecule has 0 aliphatic carbocycles. The third-order valence-electron chi connectivity index (χ3n) is 16.7. The molecule has 13 rings (SSSR count). The van der Waals surface area contributed by atoms with E-state index >= 15 is 0 Å². The zero-order chi connectivity index (χ0) is 52.1. The first-order valence-electron chi connectivity index (χ1n) is 27.2. The SMILES string of the molecule is CC(C)(C)c1cc(N2c3cc4ccc5ccccc5c4cc3B3c4cc5c(ccc6ccccc65)cc4N(c4cc(C(C)(C)C)cc(C(C)(C)C)c4)c4cc(-c5ccc6ccccc6c5)cc2c43)cc(C(C)(C)C)c1. The Balaban J connectivity index is 1.23. The molecule has 2 nitrogen and oxygen atoms in total. The van der Waals surface area contributed by atoms with Crippen molar-refractivity contribution in [2.45, 2.75) is 105 Å². The van der Waals surface area contributed by atoms with E-state index in [9.17, 15) is 0 Å². The van der Waals surface area contributed by atoms with Crippen LogP contribution >= 0.6 is 0 Å². The number of hydrogen-bond acceptors (Lipinski definition) is 2. The predicted octanol–water partition coefficient (Wildman–Crippen LogP) is 18.4. The van der Waals surface area contributed by atoms with Crippen LogP contribution in [0.2, 0.25) is 0 Å². The van der Waals surface area contributed by atoms with Gasteiger partial charge in [-0.05, 0) is 180 Å². The smallest absolute Gasteiger partial charge is 0.252 e. The lowest BCUT2D eigenvalue weighted by atomic mass is 9.33. The fourth-order valence-corrected chi connectivity index (χ4v) is 12.3. The average Bonchev–Trinajstić information content (AvgIpc) is 3.38. The van der Waals surface area contributed by atoms with Gasteiger partial charge < -0.3 is 9.80 Å². The van der Waals surface area contributed by atoms with Crippen LogP contribution in [0.25, 0.3) is 65.0 Å². The summed E-state index contributed by atoms with van der Waals surface area (Å²) in [6, 6.07) is 73.2. The Labute approximate surface area is 444 Å². The fourth-order valence-electron chi connectivity index (χ4n) is 12.3. The molecule has 0 saturated carbocycles. The van der Waals surface area contributed by atoms with Gasteiger partial charge in [0.2, 0.25) is 0 Å². The van der Waals surface area contributed by atoms with E-state index in [0.717, 1.165) is 0 Å². The molecule has 0 saturated heterocycles. The Morgan fingerprint density at radius 2 is 0.653 bits per heavy atom. The second kappa shape index (κ2) is 16.4. The first-order valence-corrected chi connectivity index (χ1v) is 27.2. The molecule has 11 aromatic rings. The number of fused-ring (bicyclic) bond motifs is 11. The molecule has 0 fully saturated rings. The summed E-state index contributed by atoms with van der Waals surface area (Å²) >= 11 is 0. The van der Waals surface area contributed by atoms with Gasteiger partial charge in [-0.1, -0.05) is 217 Å². The molecule has 11 aromatic carbocycles. The van der Waals surface area contributed by atoms with Crippen LogP contribution in [-0.4, -0.2) is 6.71 Å². The third kappa shape index (κ3) is 7.75. The molecule has 0 radical (unpaired) electrons.